The van der Waals surface area contributed by atoms with Crippen LogP contribution in [0.5, 0.6) is 5.75 Å². The lowest BCUT2D eigenvalue weighted by atomic mass is 9.80. The molecule has 4 nitrogen and oxygen atoms in total. The SMILES string of the molecule is CN(C)Cc1cc(F)cc(C(C)(C)CC(=O)O)c1O. The maximum absolute atomic E-state index is 13.6. The first kappa shape index (κ1) is 15.4. The minimum atomic E-state index is -0.983. The zero-order valence-corrected chi connectivity index (χ0v) is 11.7. The summed E-state index contributed by atoms with van der Waals surface area (Å²) in [6, 6.07) is 2.48. The monoisotopic (exact) mass is 269 g/mol. The van der Waals surface area contributed by atoms with E-state index < -0.39 is 17.2 Å². The van der Waals surface area contributed by atoms with Gasteiger partial charge in [0.15, 0.2) is 0 Å². The molecule has 1 aromatic carbocycles. The highest BCUT2D eigenvalue weighted by Gasteiger charge is 2.29. The van der Waals surface area contributed by atoms with E-state index in [4.69, 9.17) is 5.11 Å². The number of phenolic OH excluding ortho intramolecular Hbond substituents is 1. The van der Waals surface area contributed by atoms with Crippen molar-refractivity contribution in [3.05, 3.63) is 29.1 Å². The van der Waals surface area contributed by atoms with Crippen molar-refractivity contribution in [3.63, 3.8) is 0 Å². The van der Waals surface area contributed by atoms with Gasteiger partial charge < -0.3 is 15.1 Å². The van der Waals surface area contributed by atoms with Gasteiger partial charge in [0.1, 0.15) is 11.6 Å². The zero-order chi connectivity index (χ0) is 14.8. The minimum Gasteiger partial charge on any atom is -0.507 e. The molecule has 0 aliphatic rings. The van der Waals surface area contributed by atoms with E-state index in [2.05, 4.69) is 0 Å². The standard InChI is InChI=1S/C14H20FNO3/c1-14(2,7-12(17)18)11-6-10(15)5-9(13(11)19)8-16(3)4/h5-6,19H,7-8H2,1-4H3,(H,17,18). The van der Waals surface area contributed by atoms with Crippen molar-refractivity contribution >= 4 is 5.97 Å². The molecule has 0 unspecified atom stereocenters. The van der Waals surface area contributed by atoms with Crippen molar-refractivity contribution in [1.82, 2.24) is 4.90 Å². The van der Waals surface area contributed by atoms with Crippen LogP contribution >= 0.6 is 0 Å². The lowest BCUT2D eigenvalue weighted by molar-refractivity contribution is -0.138. The van der Waals surface area contributed by atoms with Crippen molar-refractivity contribution in [2.24, 2.45) is 0 Å². The van der Waals surface area contributed by atoms with Gasteiger partial charge in [-0.15, -0.1) is 0 Å². The van der Waals surface area contributed by atoms with Crippen molar-refractivity contribution in [3.8, 4) is 5.75 Å². The molecule has 0 heterocycles. The lowest BCUT2D eigenvalue weighted by Crippen LogP contribution is -2.23. The molecule has 0 spiro atoms. The number of aromatic hydroxyl groups is 1. The van der Waals surface area contributed by atoms with E-state index in [-0.39, 0.29) is 12.2 Å². The fourth-order valence-corrected chi connectivity index (χ4v) is 2.11. The zero-order valence-electron chi connectivity index (χ0n) is 11.7. The Morgan fingerprint density at radius 2 is 1.95 bits per heavy atom. The summed E-state index contributed by atoms with van der Waals surface area (Å²) in [5.41, 5.74) is -0.0516. The molecule has 0 fully saturated rings. The molecule has 5 heteroatoms. The van der Waals surface area contributed by atoms with Gasteiger partial charge in [-0.1, -0.05) is 13.8 Å². The second-order valence-electron chi connectivity index (χ2n) is 5.65. The third-order valence-corrected chi connectivity index (χ3v) is 2.96. The molecule has 1 rings (SSSR count). The maximum Gasteiger partial charge on any atom is 0.304 e. The number of rotatable bonds is 5. The fourth-order valence-electron chi connectivity index (χ4n) is 2.11. The van der Waals surface area contributed by atoms with Gasteiger partial charge in [0.2, 0.25) is 0 Å². The van der Waals surface area contributed by atoms with Crippen LogP contribution in [0.25, 0.3) is 0 Å². The van der Waals surface area contributed by atoms with Gasteiger partial charge in [-0.25, -0.2) is 4.39 Å². The van der Waals surface area contributed by atoms with E-state index in [9.17, 15) is 14.3 Å². The predicted octanol–water partition coefficient (Wildman–Crippen LogP) is 2.35. The Kier molecular flexibility index (Phi) is 4.52. The van der Waals surface area contributed by atoms with Gasteiger partial charge in [0.05, 0.1) is 6.42 Å². The number of phenols is 1. The Labute approximate surface area is 112 Å². The Hall–Kier alpha value is -1.62. The summed E-state index contributed by atoms with van der Waals surface area (Å²) in [5.74, 6) is -1.48. The summed E-state index contributed by atoms with van der Waals surface area (Å²) < 4.78 is 13.6. The number of hydrogen-bond acceptors (Lipinski definition) is 3. The van der Waals surface area contributed by atoms with Gasteiger partial charge in [0, 0.05) is 23.1 Å². The summed E-state index contributed by atoms with van der Waals surface area (Å²) in [6.45, 7) is 3.74. The minimum absolute atomic E-state index is 0.0265. The summed E-state index contributed by atoms with van der Waals surface area (Å²) in [7, 11) is 3.62. The van der Waals surface area contributed by atoms with Crippen LogP contribution in [-0.2, 0) is 16.8 Å². The predicted molar refractivity (Wildman–Crippen MR) is 70.7 cm³/mol. The van der Waals surface area contributed by atoms with E-state index in [0.29, 0.717) is 17.7 Å². The van der Waals surface area contributed by atoms with Crippen LogP contribution in [-0.4, -0.2) is 35.2 Å². The third-order valence-electron chi connectivity index (χ3n) is 2.96. The lowest BCUT2D eigenvalue weighted by Gasteiger charge is -2.26. The normalized spacial score (nSPS) is 11.9. The first-order valence-corrected chi connectivity index (χ1v) is 6.02. The number of nitrogens with zero attached hydrogens (tertiary/aromatic N) is 1. The highest BCUT2D eigenvalue weighted by Crippen LogP contribution is 2.37. The molecule has 0 amide bonds. The molecule has 0 aromatic heterocycles. The largest absolute Gasteiger partial charge is 0.507 e. The Morgan fingerprint density at radius 3 is 2.42 bits per heavy atom. The molecule has 0 saturated carbocycles. The molecule has 2 N–H and O–H groups in total. The van der Waals surface area contributed by atoms with Crippen LogP contribution in [0.2, 0.25) is 0 Å². The molecule has 0 atom stereocenters. The number of halogens is 1. The molecule has 0 aliphatic carbocycles. The summed E-state index contributed by atoms with van der Waals surface area (Å²) >= 11 is 0. The molecule has 19 heavy (non-hydrogen) atoms. The van der Waals surface area contributed by atoms with Crippen LogP contribution in [0.15, 0.2) is 12.1 Å². The number of benzene rings is 1. The van der Waals surface area contributed by atoms with Crippen LogP contribution in [0.3, 0.4) is 0 Å². The first-order valence-electron chi connectivity index (χ1n) is 6.02. The van der Waals surface area contributed by atoms with Crippen LogP contribution in [0, 0.1) is 5.82 Å². The average molecular weight is 269 g/mol. The van der Waals surface area contributed by atoms with Crippen LogP contribution < -0.4 is 0 Å². The van der Waals surface area contributed by atoms with E-state index in [0.717, 1.165) is 0 Å². The molecule has 0 saturated heterocycles. The van der Waals surface area contributed by atoms with Crippen molar-refractivity contribution in [2.75, 3.05) is 14.1 Å². The first-order chi connectivity index (χ1) is 8.63. The number of hydrogen-bond donors (Lipinski definition) is 2. The van der Waals surface area contributed by atoms with E-state index in [1.54, 1.807) is 13.8 Å². The van der Waals surface area contributed by atoms with E-state index >= 15 is 0 Å². The van der Waals surface area contributed by atoms with E-state index in [1.165, 1.54) is 12.1 Å². The Morgan fingerprint density at radius 1 is 1.37 bits per heavy atom. The highest BCUT2D eigenvalue weighted by molar-refractivity contribution is 5.69. The smallest absolute Gasteiger partial charge is 0.304 e. The quantitative estimate of drug-likeness (QED) is 0.861. The van der Waals surface area contributed by atoms with E-state index in [1.807, 2.05) is 19.0 Å². The van der Waals surface area contributed by atoms with Gasteiger partial charge in [0.25, 0.3) is 0 Å². The van der Waals surface area contributed by atoms with Crippen LogP contribution in [0.4, 0.5) is 4.39 Å². The molecular weight excluding hydrogens is 249 g/mol. The van der Waals surface area contributed by atoms with Gasteiger partial charge in [-0.05, 0) is 26.2 Å². The molecule has 0 radical (unpaired) electrons. The summed E-state index contributed by atoms with van der Waals surface area (Å²) in [5, 5.41) is 19.1. The molecule has 0 aliphatic heterocycles. The van der Waals surface area contributed by atoms with Gasteiger partial charge >= 0.3 is 5.97 Å². The van der Waals surface area contributed by atoms with Crippen molar-refractivity contribution in [1.29, 1.82) is 0 Å². The average Bonchev–Trinajstić information content (AvgIpc) is 2.20. The van der Waals surface area contributed by atoms with Crippen molar-refractivity contribution < 1.29 is 19.4 Å². The second kappa shape index (κ2) is 5.57. The van der Waals surface area contributed by atoms with Gasteiger partial charge in [-0.2, -0.15) is 0 Å². The second-order valence-corrected chi connectivity index (χ2v) is 5.65. The summed E-state index contributed by atoms with van der Waals surface area (Å²) in [4.78, 5) is 12.7. The topological polar surface area (TPSA) is 60.8 Å². The van der Waals surface area contributed by atoms with Crippen LogP contribution in [0.1, 0.15) is 31.4 Å². The third kappa shape index (κ3) is 3.92. The maximum atomic E-state index is 13.6. The van der Waals surface area contributed by atoms with Gasteiger partial charge in [-0.3, -0.25) is 4.79 Å². The highest BCUT2D eigenvalue weighted by atomic mass is 19.1. The number of carboxylic acid groups (broad SMARTS) is 1. The number of aliphatic carboxylic acids is 1. The molecule has 0 bridgehead atoms. The Bertz CT molecular complexity index is 484. The molecule has 1 aromatic rings. The molecular formula is C14H20FNO3. The number of carbonyl (C=O) groups is 1. The fraction of sp³-hybridized carbons (Fsp3) is 0.500. The summed E-state index contributed by atoms with van der Waals surface area (Å²) in [6.07, 6.45) is -0.175. The molecule has 106 valence electrons. The van der Waals surface area contributed by atoms with Crippen molar-refractivity contribution in [2.45, 2.75) is 32.2 Å². The Balaban J connectivity index is 3.27. The number of carboxylic acids is 1.